The Kier molecular flexibility index (Phi) is 5.71. The molecule has 1 saturated heterocycles. The van der Waals surface area contributed by atoms with Gasteiger partial charge in [-0.05, 0) is 36.2 Å². The predicted molar refractivity (Wildman–Crippen MR) is 101 cm³/mol. The molecule has 1 heterocycles. The fourth-order valence-corrected chi connectivity index (χ4v) is 3.41. The Morgan fingerprint density at radius 3 is 2.73 bits per heavy atom. The number of nitrogens with zero attached hydrogens (tertiary/aromatic N) is 1. The van der Waals surface area contributed by atoms with E-state index in [1.165, 1.54) is 17.7 Å². The number of carbonyl (C=O) groups is 2. The summed E-state index contributed by atoms with van der Waals surface area (Å²) in [5, 5.41) is 2.81. The van der Waals surface area contributed by atoms with E-state index in [-0.39, 0.29) is 36.5 Å². The van der Waals surface area contributed by atoms with Crippen LogP contribution in [-0.4, -0.2) is 23.3 Å². The fraction of sp³-hybridized carbons (Fsp3) is 0.300. The van der Waals surface area contributed by atoms with E-state index in [4.69, 9.17) is 0 Å². The molecule has 1 unspecified atom stereocenters. The number of carbonyl (C=O) groups excluding carboxylic acids is 2. The summed E-state index contributed by atoms with van der Waals surface area (Å²) < 4.78 is 14.1. The van der Waals surface area contributed by atoms with Crippen LogP contribution in [0.3, 0.4) is 0 Å². The first-order valence-corrected chi connectivity index (χ1v) is 9.26. The van der Waals surface area contributed by atoms with Crippen molar-refractivity contribution in [3.05, 3.63) is 69.4 Å². The highest BCUT2D eigenvalue weighted by molar-refractivity contribution is 9.10. The van der Waals surface area contributed by atoms with E-state index in [2.05, 4.69) is 21.2 Å². The molecule has 136 valence electrons. The number of halogens is 2. The normalized spacial score (nSPS) is 16.8. The van der Waals surface area contributed by atoms with Crippen LogP contribution in [-0.2, 0) is 22.7 Å². The molecule has 0 radical (unpaired) electrons. The van der Waals surface area contributed by atoms with Crippen molar-refractivity contribution in [1.82, 2.24) is 10.2 Å². The number of nitrogens with one attached hydrogen (secondary N) is 1. The topological polar surface area (TPSA) is 49.4 Å². The van der Waals surface area contributed by atoms with Crippen LogP contribution >= 0.6 is 15.9 Å². The Balaban J connectivity index is 1.56. The van der Waals surface area contributed by atoms with Gasteiger partial charge in [0.1, 0.15) is 5.82 Å². The number of benzene rings is 2. The van der Waals surface area contributed by atoms with Crippen molar-refractivity contribution in [1.29, 1.82) is 0 Å². The largest absolute Gasteiger partial charge is 0.352 e. The molecule has 0 spiro atoms. The molecule has 2 aromatic rings. The summed E-state index contributed by atoms with van der Waals surface area (Å²) in [7, 11) is 0. The number of rotatable bonds is 5. The van der Waals surface area contributed by atoms with Gasteiger partial charge in [0.25, 0.3) is 0 Å². The summed E-state index contributed by atoms with van der Waals surface area (Å²) >= 11 is 3.34. The molecule has 2 aromatic carbocycles. The average Bonchev–Trinajstić information content (AvgIpc) is 2.98. The zero-order chi connectivity index (χ0) is 18.7. The van der Waals surface area contributed by atoms with Crippen molar-refractivity contribution >= 4 is 27.7 Å². The monoisotopic (exact) mass is 418 g/mol. The van der Waals surface area contributed by atoms with Crippen LogP contribution in [0.25, 0.3) is 0 Å². The lowest BCUT2D eigenvalue weighted by Gasteiger charge is -2.17. The molecule has 1 atom stereocenters. The molecule has 1 aliphatic heterocycles. The minimum atomic E-state index is -0.375. The zero-order valence-corrected chi connectivity index (χ0v) is 16.1. The quantitative estimate of drug-likeness (QED) is 0.806. The molecule has 0 aliphatic carbocycles. The number of hydrogen-bond donors (Lipinski definition) is 1. The van der Waals surface area contributed by atoms with Gasteiger partial charge in [-0.1, -0.05) is 45.8 Å². The summed E-state index contributed by atoms with van der Waals surface area (Å²) in [5.41, 5.74) is 2.88. The molecule has 1 aliphatic rings. The molecule has 4 nitrogen and oxygen atoms in total. The molecule has 0 saturated carbocycles. The van der Waals surface area contributed by atoms with Gasteiger partial charge in [0, 0.05) is 30.5 Å². The lowest BCUT2D eigenvalue weighted by molar-refractivity contribution is -0.129. The van der Waals surface area contributed by atoms with Gasteiger partial charge in [0.05, 0.1) is 5.92 Å². The second-order valence-electron chi connectivity index (χ2n) is 6.61. The minimum absolute atomic E-state index is 0.0161. The summed E-state index contributed by atoms with van der Waals surface area (Å²) in [4.78, 5) is 26.3. The van der Waals surface area contributed by atoms with Gasteiger partial charge < -0.3 is 10.2 Å². The Morgan fingerprint density at radius 2 is 2.00 bits per heavy atom. The predicted octanol–water partition coefficient (Wildman–Crippen LogP) is 3.56. The zero-order valence-electron chi connectivity index (χ0n) is 14.5. The highest BCUT2D eigenvalue weighted by atomic mass is 79.9. The van der Waals surface area contributed by atoms with Crippen LogP contribution in [0.2, 0.25) is 0 Å². The van der Waals surface area contributed by atoms with Crippen molar-refractivity contribution < 1.29 is 14.0 Å². The highest BCUT2D eigenvalue weighted by Gasteiger charge is 2.34. The Hall–Kier alpha value is -2.21. The Morgan fingerprint density at radius 1 is 1.27 bits per heavy atom. The van der Waals surface area contributed by atoms with Crippen molar-refractivity contribution in [3.8, 4) is 0 Å². The molecular formula is C20H20BrFN2O2. The smallest absolute Gasteiger partial charge is 0.225 e. The molecule has 1 N–H and O–H groups in total. The third-order valence-corrected chi connectivity index (χ3v) is 5.31. The van der Waals surface area contributed by atoms with Gasteiger partial charge in [-0.2, -0.15) is 0 Å². The Labute approximate surface area is 160 Å². The summed E-state index contributed by atoms with van der Waals surface area (Å²) in [6.45, 7) is 3.16. The third-order valence-electron chi connectivity index (χ3n) is 4.54. The van der Waals surface area contributed by atoms with Crippen LogP contribution in [0.15, 0.2) is 46.9 Å². The lowest BCUT2D eigenvalue weighted by Crippen LogP contribution is -2.32. The summed E-state index contributed by atoms with van der Waals surface area (Å²) in [5.74, 6) is -0.920. The summed E-state index contributed by atoms with van der Waals surface area (Å²) in [6, 6.07) is 12.4. The van der Waals surface area contributed by atoms with E-state index in [0.29, 0.717) is 18.7 Å². The molecule has 26 heavy (non-hydrogen) atoms. The van der Waals surface area contributed by atoms with Gasteiger partial charge >= 0.3 is 0 Å². The highest BCUT2D eigenvalue weighted by Crippen LogP contribution is 2.22. The van der Waals surface area contributed by atoms with Crippen LogP contribution in [0.5, 0.6) is 0 Å². The molecule has 1 fully saturated rings. The molecule has 6 heteroatoms. The number of aryl methyl sites for hydroxylation is 1. The van der Waals surface area contributed by atoms with Crippen LogP contribution < -0.4 is 5.32 Å². The van der Waals surface area contributed by atoms with Gasteiger partial charge in [-0.25, -0.2) is 4.39 Å². The van der Waals surface area contributed by atoms with Crippen molar-refractivity contribution in [3.63, 3.8) is 0 Å². The standard InChI is InChI=1S/C20H20BrFN2O2/c1-13-2-4-14(5-3-13)11-24-12-16(9-19(24)25)20(26)23-10-15-8-17(22)6-7-18(15)21/h2-8,16H,9-12H2,1H3,(H,23,26). The van der Waals surface area contributed by atoms with Gasteiger partial charge in [-0.15, -0.1) is 0 Å². The second-order valence-corrected chi connectivity index (χ2v) is 7.47. The van der Waals surface area contributed by atoms with E-state index < -0.39 is 0 Å². The number of hydrogen-bond acceptors (Lipinski definition) is 2. The van der Waals surface area contributed by atoms with Crippen molar-refractivity contribution in [2.45, 2.75) is 26.4 Å². The Bertz CT molecular complexity index is 823. The van der Waals surface area contributed by atoms with Crippen LogP contribution in [0, 0.1) is 18.7 Å². The van der Waals surface area contributed by atoms with Crippen molar-refractivity contribution in [2.75, 3.05) is 6.54 Å². The van der Waals surface area contributed by atoms with E-state index >= 15 is 0 Å². The van der Waals surface area contributed by atoms with Crippen LogP contribution in [0.4, 0.5) is 4.39 Å². The molecule has 0 aromatic heterocycles. The maximum Gasteiger partial charge on any atom is 0.225 e. The van der Waals surface area contributed by atoms with Gasteiger partial charge in [0.2, 0.25) is 11.8 Å². The van der Waals surface area contributed by atoms with E-state index in [9.17, 15) is 14.0 Å². The van der Waals surface area contributed by atoms with Crippen LogP contribution in [0.1, 0.15) is 23.1 Å². The first-order chi connectivity index (χ1) is 12.4. The van der Waals surface area contributed by atoms with Gasteiger partial charge in [0.15, 0.2) is 0 Å². The first kappa shape index (κ1) is 18.6. The molecular weight excluding hydrogens is 399 g/mol. The van der Waals surface area contributed by atoms with E-state index in [1.54, 1.807) is 11.0 Å². The van der Waals surface area contributed by atoms with E-state index in [0.717, 1.165) is 10.0 Å². The molecule has 3 rings (SSSR count). The SMILES string of the molecule is Cc1ccc(CN2CC(C(=O)NCc3cc(F)ccc3Br)CC2=O)cc1. The second kappa shape index (κ2) is 7.99. The molecule has 2 amide bonds. The third kappa shape index (κ3) is 4.49. The van der Waals surface area contributed by atoms with Crippen molar-refractivity contribution in [2.24, 2.45) is 5.92 Å². The fourth-order valence-electron chi connectivity index (χ4n) is 3.02. The lowest BCUT2D eigenvalue weighted by atomic mass is 10.1. The average molecular weight is 419 g/mol. The minimum Gasteiger partial charge on any atom is -0.352 e. The number of amides is 2. The first-order valence-electron chi connectivity index (χ1n) is 8.47. The molecule has 0 bridgehead atoms. The maximum atomic E-state index is 13.3. The summed E-state index contributed by atoms with van der Waals surface area (Å²) in [6.07, 6.45) is 0.210. The van der Waals surface area contributed by atoms with Gasteiger partial charge in [-0.3, -0.25) is 9.59 Å². The van der Waals surface area contributed by atoms with E-state index in [1.807, 2.05) is 31.2 Å². The number of likely N-dealkylation sites (tertiary alicyclic amines) is 1. The maximum absolute atomic E-state index is 13.3.